The molecule has 2 aromatic rings. The van der Waals surface area contributed by atoms with Gasteiger partial charge in [0, 0.05) is 30.2 Å². The van der Waals surface area contributed by atoms with E-state index < -0.39 is 6.04 Å². The predicted octanol–water partition coefficient (Wildman–Crippen LogP) is 0.657. The summed E-state index contributed by atoms with van der Waals surface area (Å²) < 4.78 is 1.83. The van der Waals surface area contributed by atoms with Crippen LogP contribution in [0.5, 0.6) is 0 Å². The number of fused-ring (bicyclic) bond motifs is 1. The number of rotatable bonds is 2. The molecule has 6 heteroatoms. The Kier molecular flexibility index (Phi) is 3.90. The fraction of sp³-hybridized carbons (Fsp3) is 0.353. The van der Waals surface area contributed by atoms with Gasteiger partial charge in [-0.25, -0.2) is 0 Å². The first-order valence-corrected chi connectivity index (χ1v) is 7.65. The summed E-state index contributed by atoms with van der Waals surface area (Å²) in [4.78, 5) is 38.0. The highest BCUT2D eigenvalue weighted by Gasteiger charge is 2.29. The van der Waals surface area contributed by atoms with E-state index in [0.29, 0.717) is 18.5 Å². The van der Waals surface area contributed by atoms with E-state index in [-0.39, 0.29) is 23.8 Å². The van der Waals surface area contributed by atoms with Crippen molar-refractivity contribution in [3.63, 3.8) is 0 Å². The number of nitrogens with zero attached hydrogens (tertiary/aromatic N) is 2. The molecule has 1 fully saturated rings. The zero-order valence-electron chi connectivity index (χ0n) is 13.2. The zero-order valence-corrected chi connectivity index (χ0v) is 13.2. The molecule has 2 amide bonds. The largest absolute Gasteiger partial charge is 0.353 e. The van der Waals surface area contributed by atoms with Crippen molar-refractivity contribution in [1.82, 2.24) is 14.8 Å². The number of nitrogens with one attached hydrogen (secondary N) is 1. The lowest BCUT2D eigenvalue weighted by Gasteiger charge is -2.33. The molecular formula is C17H19N3O3. The highest BCUT2D eigenvalue weighted by Crippen LogP contribution is 2.14. The van der Waals surface area contributed by atoms with Gasteiger partial charge in [0.15, 0.2) is 5.43 Å². The summed E-state index contributed by atoms with van der Waals surface area (Å²) in [6, 6.07) is 8.32. The molecule has 1 N–H and O–H groups in total. The number of aryl methyl sites for hydroxylation is 1. The van der Waals surface area contributed by atoms with Gasteiger partial charge in [-0.2, -0.15) is 0 Å². The molecule has 6 nitrogen and oxygen atoms in total. The van der Waals surface area contributed by atoms with Gasteiger partial charge in [-0.1, -0.05) is 12.1 Å². The fourth-order valence-corrected chi connectivity index (χ4v) is 3.01. The molecule has 0 aliphatic carbocycles. The van der Waals surface area contributed by atoms with Gasteiger partial charge in [0.25, 0.3) is 0 Å². The molecule has 1 aliphatic rings. The van der Waals surface area contributed by atoms with Gasteiger partial charge in [0.2, 0.25) is 11.8 Å². The van der Waals surface area contributed by atoms with E-state index in [1.165, 1.54) is 0 Å². The Morgan fingerprint density at radius 2 is 2.04 bits per heavy atom. The average molecular weight is 313 g/mol. The maximum Gasteiger partial charge on any atom is 0.243 e. The third-order valence-electron chi connectivity index (χ3n) is 4.34. The third kappa shape index (κ3) is 2.72. The number of aromatic nitrogens is 1. The Labute approximate surface area is 133 Å². The molecule has 1 unspecified atom stereocenters. The van der Waals surface area contributed by atoms with Crippen molar-refractivity contribution in [3.8, 4) is 0 Å². The van der Waals surface area contributed by atoms with Crippen molar-refractivity contribution < 1.29 is 9.59 Å². The number of para-hydroxylation sites is 1. The molecule has 0 spiro atoms. The van der Waals surface area contributed by atoms with Crippen molar-refractivity contribution in [2.45, 2.75) is 26.4 Å². The number of carbonyl (C=O) groups is 2. The van der Waals surface area contributed by atoms with E-state index >= 15 is 0 Å². The summed E-state index contributed by atoms with van der Waals surface area (Å²) >= 11 is 0. The Balaban J connectivity index is 1.97. The number of amides is 2. The van der Waals surface area contributed by atoms with Crippen LogP contribution in [0.3, 0.4) is 0 Å². The highest BCUT2D eigenvalue weighted by molar-refractivity contribution is 5.89. The van der Waals surface area contributed by atoms with Crippen molar-refractivity contribution >= 4 is 22.7 Å². The van der Waals surface area contributed by atoms with Crippen LogP contribution in [0.4, 0.5) is 0 Å². The minimum atomic E-state index is -0.470. The van der Waals surface area contributed by atoms with Crippen molar-refractivity contribution in [2.24, 2.45) is 0 Å². The van der Waals surface area contributed by atoms with E-state index in [1.807, 2.05) is 29.7 Å². The molecule has 1 aliphatic heterocycles. The first-order chi connectivity index (χ1) is 11.0. The molecule has 2 heterocycles. The average Bonchev–Trinajstić information content (AvgIpc) is 2.54. The first-order valence-electron chi connectivity index (χ1n) is 7.65. The third-order valence-corrected chi connectivity index (χ3v) is 4.34. The topological polar surface area (TPSA) is 71.4 Å². The second-order valence-corrected chi connectivity index (χ2v) is 5.81. The van der Waals surface area contributed by atoms with Gasteiger partial charge in [-0.05, 0) is 26.0 Å². The Hall–Kier alpha value is -2.63. The summed E-state index contributed by atoms with van der Waals surface area (Å²) in [5, 5.41) is 3.34. The van der Waals surface area contributed by atoms with E-state index in [1.54, 1.807) is 24.0 Å². The standard InChI is InChI=1S/C17H19N3O3/c1-11-9-15(21)13-5-3-4-6-14(13)20(11)10-16(22)19-8-7-18-17(23)12(19)2/h3-6,9,12H,7-8,10H2,1-2H3,(H,18,23). The molecular weight excluding hydrogens is 294 g/mol. The van der Waals surface area contributed by atoms with Crippen LogP contribution in [0.1, 0.15) is 12.6 Å². The molecule has 3 rings (SSSR count). The molecule has 0 saturated carbocycles. The maximum atomic E-state index is 12.7. The lowest BCUT2D eigenvalue weighted by Crippen LogP contribution is -2.56. The molecule has 1 atom stereocenters. The number of pyridine rings is 1. The minimum Gasteiger partial charge on any atom is -0.353 e. The van der Waals surface area contributed by atoms with Gasteiger partial charge >= 0.3 is 0 Å². The number of hydrogen-bond acceptors (Lipinski definition) is 3. The zero-order chi connectivity index (χ0) is 16.6. The lowest BCUT2D eigenvalue weighted by molar-refractivity contribution is -0.142. The molecule has 120 valence electrons. The Morgan fingerprint density at radius 3 is 2.83 bits per heavy atom. The van der Waals surface area contributed by atoms with Crippen LogP contribution in [0, 0.1) is 6.92 Å². The summed E-state index contributed by atoms with van der Waals surface area (Å²) in [6.07, 6.45) is 0. The SMILES string of the molecule is Cc1cc(=O)c2ccccc2n1CC(=O)N1CCNC(=O)C1C. The second kappa shape index (κ2) is 5.87. The van der Waals surface area contributed by atoms with Crippen LogP contribution in [-0.4, -0.2) is 40.4 Å². The molecule has 0 radical (unpaired) electrons. The van der Waals surface area contributed by atoms with E-state index in [9.17, 15) is 14.4 Å². The predicted molar refractivity (Wildman–Crippen MR) is 87.1 cm³/mol. The quantitative estimate of drug-likeness (QED) is 0.885. The van der Waals surface area contributed by atoms with Crippen LogP contribution in [0.2, 0.25) is 0 Å². The Bertz CT molecular complexity index is 841. The van der Waals surface area contributed by atoms with Gasteiger partial charge in [0.1, 0.15) is 12.6 Å². The first kappa shape index (κ1) is 15.3. The number of piperazine rings is 1. The normalized spacial score (nSPS) is 18.1. The van der Waals surface area contributed by atoms with Crippen molar-refractivity contribution in [1.29, 1.82) is 0 Å². The summed E-state index contributed by atoms with van der Waals surface area (Å²) in [7, 11) is 0. The van der Waals surface area contributed by atoms with Crippen LogP contribution in [-0.2, 0) is 16.1 Å². The fourth-order valence-electron chi connectivity index (χ4n) is 3.01. The lowest BCUT2D eigenvalue weighted by atomic mass is 10.1. The van der Waals surface area contributed by atoms with E-state index in [2.05, 4.69) is 5.32 Å². The smallest absolute Gasteiger partial charge is 0.243 e. The van der Waals surface area contributed by atoms with Crippen LogP contribution in [0.15, 0.2) is 35.1 Å². The van der Waals surface area contributed by atoms with Crippen LogP contribution < -0.4 is 10.7 Å². The second-order valence-electron chi connectivity index (χ2n) is 5.81. The molecule has 1 aromatic carbocycles. The summed E-state index contributed by atoms with van der Waals surface area (Å²) in [5.41, 5.74) is 1.42. The van der Waals surface area contributed by atoms with Gasteiger partial charge in [-0.3, -0.25) is 14.4 Å². The maximum absolute atomic E-state index is 12.7. The van der Waals surface area contributed by atoms with Crippen LogP contribution in [0.25, 0.3) is 10.9 Å². The molecule has 1 aromatic heterocycles. The molecule has 23 heavy (non-hydrogen) atoms. The number of benzene rings is 1. The highest BCUT2D eigenvalue weighted by atomic mass is 16.2. The number of hydrogen-bond donors (Lipinski definition) is 1. The number of carbonyl (C=O) groups excluding carboxylic acids is 2. The minimum absolute atomic E-state index is 0.0486. The summed E-state index contributed by atoms with van der Waals surface area (Å²) in [5.74, 6) is -0.254. The van der Waals surface area contributed by atoms with Gasteiger partial charge in [-0.15, -0.1) is 0 Å². The molecule has 0 bridgehead atoms. The Morgan fingerprint density at radius 1 is 1.30 bits per heavy atom. The van der Waals surface area contributed by atoms with Crippen molar-refractivity contribution in [2.75, 3.05) is 13.1 Å². The van der Waals surface area contributed by atoms with Gasteiger partial charge in [0.05, 0.1) is 5.52 Å². The van der Waals surface area contributed by atoms with E-state index in [0.717, 1.165) is 11.2 Å². The van der Waals surface area contributed by atoms with Crippen molar-refractivity contribution in [3.05, 3.63) is 46.2 Å². The monoisotopic (exact) mass is 313 g/mol. The summed E-state index contributed by atoms with van der Waals surface area (Å²) in [6.45, 7) is 4.63. The van der Waals surface area contributed by atoms with Gasteiger partial charge < -0.3 is 14.8 Å². The van der Waals surface area contributed by atoms with E-state index in [4.69, 9.17) is 0 Å². The van der Waals surface area contributed by atoms with Crippen LogP contribution >= 0.6 is 0 Å². The molecule has 1 saturated heterocycles.